The molecule has 1 saturated carbocycles. The van der Waals surface area contributed by atoms with Gasteiger partial charge in [0.05, 0.1) is 25.6 Å². The summed E-state index contributed by atoms with van der Waals surface area (Å²) in [6, 6.07) is 13.4. The first-order chi connectivity index (χ1) is 17.1. The summed E-state index contributed by atoms with van der Waals surface area (Å²) < 4.78 is 5.39. The number of anilines is 2. The van der Waals surface area contributed by atoms with Gasteiger partial charge in [-0.25, -0.2) is 4.98 Å². The molecule has 2 aromatic carbocycles. The highest BCUT2D eigenvalue weighted by Gasteiger charge is 2.22. The Kier molecular flexibility index (Phi) is 6.72. The number of nitrogens with zero attached hydrogens (tertiary/aromatic N) is 3. The lowest BCUT2D eigenvalue weighted by Gasteiger charge is -2.27. The first kappa shape index (κ1) is 23.0. The van der Waals surface area contributed by atoms with Crippen molar-refractivity contribution in [2.24, 2.45) is 5.92 Å². The summed E-state index contributed by atoms with van der Waals surface area (Å²) in [5.74, 6) is 0.969. The number of ether oxygens (including phenoxy) is 1. The Bertz CT molecular complexity index is 1220. The Hall–Kier alpha value is -3.78. The standard InChI is InChI=1S/C27H29N5O3/c1-18-22(20-7-9-21(10-8-20)26(33)29-15-19-5-6-19)3-2-4-23(18)31-27(34)24-16-28-17-25(30-24)32-11-13-35-14-12-32/h2-4,7-10,16-17,19H,5-6,11-15H2,1H3,(H,29,33)(H,31,34). The predicted molar refractivity (Wildman–Crippen MR) is 135 cm³/mol. The first-order valence-electron chi connectivity index (χ1n) is 12.0. The zero-order chi connectivity index (χ0) is 24.2. The van der Waals surface area contributed by atoms with E-state index in [0.29, 0.717) is 36.2 Å². The van der Waals surface area contributed by atoms with E-state index in [0.717, 1.165) is 36.3 Å². The minimum absolute atomic E-state index is 0.0402. The molecule has 180 valence electrons. The van der Waals surface area contributed by atoms with Crippen LogP contribution in [0.3, 0.4) is 0 Å². The van der Waals surface area contributed by atoms with Crippen molar-refractivity contribution in [2.45, 2.75) is 19.8 Å². The van der Waals surface area contributed by atoms with E-state index in [9.17, 15) is 9.59 Å². The number of hydrogen-bond donors (Lipinski definition) is 2. The fourth-order valence-corrected chi connectivity index (χ4v) is 4.14. The Labute approximate surface area is 204 Å². The molecule has 0 atom stereocenters. The molecule has 8 heteroatoms. The molecule has 1 aliphatic carbocycles. The van der Waals surface area contributed by atoms with Gasteiger partial charge in [-0.3, -0.25) is 14.6 Å². The summed E-state index contributed by atoms with van der Waals surface area (Å²) in [7, 11) is 0. The summed E-state index contributed by atoms with van der Waals surface area (Å²) in [5, 5.41) is 5.98. The van der Waals surface area contributed by atoms with Crippen LogP contribution in [0.4, 0.5) is 11.5 Å². The van der Waals surface area contributed by atoms with Crippen molar-refractivity contribution >= 4 is 23.3 Å². The highest BCUT2D eigenvalue weighted by Crippen LogP contribution is 2.30. The van der Waals surface area contributed by atoms with Crippen LogP contribution in [0.5, 0.6) is 0 Å². The van der Waals surface area contributed by atoms with Crippen molar-refractivity contribution in [3.05, 3.63) is 71.7 Å². The second kappa shape index (κ2) is 10.2. The topological polar surface area (TPSA) is 96.5 Å². The van der Waals surface area contributed by atoms with Gasteiger partial charge in [-0.15, -0.1) is 0 Å². The fraction of sp³-hybridized carbons (Fsp3) is 0.333. The molecule has 1 aromatic heterocycles. The third-order valence-electron chi connectivity index (χ3n) is 6.48. The molecular formula is C27H29N5O3. The van der Waals surface area contributed by atoms with Crippen LogP contribution in [0, 0.1) is 12.8 Å². The second-order valence-electron chi connectivity index (χ2n) is 9.02. The molecule has 1 aliphatic heterocycles. The van der Waals surface area contributed by atoms with E-state index in [-0.39, 0.29) is 17.5 Å². The maximum Gasteiger partial charge on any atom is 0.275 e. The fourth-order valence-electron chi connectivity index (χ4n) is 4.14. The van der Waals surface area contributed by atoms with Crippen LogP contribution in [0.15, 0.2) is 54.9 Å². The molecule has 3 aromatic rings. The molecule has 2 fully saturated rings. The van der Waals surface area contributed by atoms with Crippen LogP contribution in [-0.4, -0.2) is 54.6 Å². The van der Waals surface area contributed by atoms with E-state index in [1.807, 2.05) is 49.4 Å². The van der Waals surface area contributed by atoms with E-state index >= 15 is 0 Å². The van der Waals surface area contributed by atoms with Crippen molar-refractivity contribution in [1.82, 2.24) is 15.3 Å². The molecule has 0 unspecified atom stereocenters. The van der Waals surface area contributed by atoms with Gasteiger partial charge < -0.3 is 20.3 Å². The van der Waals surface area contributed by atoms with E-state index in [1.165, 1.54) is 19.0 Å². The van der Waals surface area contributed by atoms with E-state index in [2.05, 4.69) is 25.5 Å². The van der Waals surface area contributed by atoms with Crippen LogP contribution >= 0.6 is 0 Å². The molecule has 0 spiro atoms. The van der Waals surface area contributed by atoms with Crippen molar-refractivity contribution in [3.8, 4) is 11.1 Å². The quantitative estimate of drug-likeness (QED) is 0.546. The SMILES string of the molecule is Cc1c(NC(=O)c2cncc(N3CCOCC3)n2)cccc1-c1ccc(C(=O)NCC2CC2)cc1. The Balaban J connectivity index is 1.29. The molecule has 1 saturated heterocycles. The largest absolute Gasteiger partial charge is 0.378 e. The molecule has 2 N–H and O–H groups in total. The van der Waals surface area contributed by atoms with Gasteiger partial charge in [-0.05, 0) is 60.6 Å². The van der Waals surface area contributed by atoms with Crippen LogP contribution in [-0.2, 0) is 4.74 Å². The number of morpholine rings is 1. The number of amides is 2. The number of benzene rings is 2. The molecule has 2 heterocycles. The third-order valence-corrected chi connectivity index (χ3v) is 6.48. The molecule has 0 radical (unpaired) electrons. The number of carbonyl (C=O) groups excluding carboxylic acids is 2. The van der Waals surface area contributed by atoms with Crippen molar-refractivity contribution in [1.29, 1.82) is 0 Å². The van der Waals surface area contributed by atoms with Crippen LogP contribution in [0.25, 0.3) is 11.1 Å². The van der Waals surface area contributed by atoms with Gasteiger partial charge >= 0.3 is 0 Å². The third kappa shape index (κ3) is 5.49. The average Bonchev–Trinajstić information content (AvgIpc) is 3.74. The number of carbonyl (C=O) groups is 2. The summed E-state index contributed by atoms with van der Waals surface area (Å²) in [6.45, 7) is 5.44. The summed E-state index contributed by atoms with van der Waals surface area (Å²) in [5.41, 5.74) is 4.52. The second-order valence-corrected chi connectivity index (χ2v) is 9.02. The zero-order valence-electron chi connectivity index (χ0n) is 19.8. The number of rotatable bonds is 7. The highest BCUT2D eigenvalue weighted by molar-refractivity contribution is 6.04. The summed E-state index contributed by atoms with van der Waals surface area (Å²) >= 11 is 0. The number of nitrogens with one attached hydrogen (secondary N) is 2. The molecule has 0 bridgehead atoms. The molecular weight excluding hydrogens is 442 g/mol. The van der Waals surface area contributed by atoms with Crippen LogP contribution in [0.2, 0.25) is 0 Å². The maximum absolute atomic E-state index is 13.0. The van der Waals surface area contributed by atoms with Gasteiger partial charge in [0.25, 0.3) is 11.8 Å². The molecule has 8 nitrogen and oxygen atoms in total. The van der Waals surface area contributed by atoms with E-state index in [4.69, 9.17) is 4.74 Å². The number of aromatic nitrogens is 2. The average molecular weight is 472 g/mol. The normalized spacial score (nSPS) is 15.5. The van der Waals surface area contributed by atoms with Gasteiger partial charge in [0.2, 0.25) is 0 Å². The first-order valence-corrected chi connectivity index (χ1v) is 12.0. The monoisotopic (exact) mass is 471 g/mol. The molecule has 2 amide bonds. The van der Waals surface area contributed by atoms with E-state index < -0.39 is 0 Å². The van der Waals surface area contributed by atoms with Crippen molar-refractivity contribution in [3.63, 3.8) is 0 Å². The Morgan fingerprint density at radius 1 is 1.03 bits per heavy atom. The lowest BCUT2D eigenvalue weighted by atomic mass is 9.98. The molecule has 35 heavy (non-hydrogen) atoms. The minimum atomic E-state index is -0.310. The Morgan fingerprint density at radius 2 is 1.80 bits per heavy atom. The smallest absolute Gasteiger partial charge is 0.275 e. The highest BCUT2D eigenvalue weighted by atomic mass is 16.5. The van der Waals surface area contributed by atoms with Crippen molar-refractivity contribution in [2.75, 3.05) is 43.1 Å². The van der Waals surface area contributed by atoms with Gasteiger partial charge in [-0.1, -0.05) is 24.3 Å². The van der Waals surface area contributed by atoms with Gasteiger partial charge in [-0.2, -0.15) is 0 Å². The van der Waals surface area contributed by atoms with Crippen LogP contribution in [0.1, 0.15) is 39.3 Å². The zero-order valence-corrected chi connectivity index (χ0v) is 19.8. The van der Waals surface area contributed by atoms with Gasteiger partial charge in [0, 0.05) is 30.9 Å². The predicted octanol–water partition coefficient (Wildman–Crippen LogP) is 3.68. The van der Waals surface area contributed by atoms with E-state index in [1.54, 1.807) is 6.20 Å². The minimum Gasteiger partial charge on any atom is -0.378 e. The lowest BCUT2D eigenvalue weighted by molar-refractivity contribution is 0.0951. The van der Waals surface area contributed by atoms with Gasteiger partial charge in [0.1, 0.15) is 11.5 Å². The summed E-state index contributed by atoms with van der Waals surface area (Å²) in [4.78, 5) is 36.1. The maximum atomic E-state index is 13.0. The summed E-state index contributed by atoms with van der Waals surface area (Å²) in [6.07, 6.45) is 5.56. The van der Waals surface area contributed by atoms with Crippen molar-refractivity contribution < 1.29 is 14.3 Å². The van der Waals surface area contributed by atoms with Gasteiger partial charge in [0.15, 0.2) is 0 Å². The molecule has 2 aliphatic rings. The number of hydrogen-bond acceptors (Lipinski definition) is 6. The lowest BCUT2D eigenvalue weighted by Crippen LogP contribution is -2.37. The van der Waals surface area contributed by atoms with Crippen LogP contribution < -0.4 is 15.5 Å². The molecule has 5 rings (SSSR count). The Morgan fingerprint density at radius 3 is 2.54 bits per heavy atom.